The first-order valence-electron chi connectivity index (χ1n) is 7.44. The number of hydrogen-bond donors (Lipinski definition) is 1. The van der Waals surface area contributed by atoms with Gasteiger partial charge >= 0.3 is 0 Å². The van der Waals surface area contributed by atoms with Crippen molar-refractivity contribution in [3.63, 3.8) is 0 Å². The lowest BCUT2D eigenvalue weighted by Gasteiger charge is -2.41. The van der Waals surface area contributed by atoms with Gasteiger partial charge in [0.2, 0.25) is 10.0 Å². The first-order chi connectivity index (χ1) is 10.4. The molecule has 1 aliphatic rings. The predicted molar refractivity (Wildman–Crippen MR) is 97.4 cm³/mol. The van der Waals surface area contributed by atoms with Crippen LogP contribution in [0.25, 0.3) is 0 Å². The van der Waals surface area contributed by atoms with Gasteiger partial charge in [0.15, 0.2) is 9.84 Å². The third-order valence-corrected chi connectivity index (χ3v) is 6.98. The summed E-state index contributed by atoms with van der Waals surface area (Å²) < 4.78 is 49.5. The zero-order valence-electron chi connectivity index (χ0n) is 14.1. The Kier molecular flexibility index (Phi) is 6.49. The number of sulfonamides is 1. The van der Waals surface area contributed by atoms with Crippen LogP contribution in [0, 0.1) is 5.41 Å². The van der Waals surface area contributed by atoms with Crippen molar-refractivity contribution in [2.75, 3.05) is 19.3 Å². The summed E-state index contributed by atoms with van der Waals surface area (Å²) >= 11 is 0. The van der Waals surface area contributed by atoms with Crippen molar-refractivity contribution in [1.29, 1.82) is 0 Å². The minimum absolute atomic E-state index is 0. The fourth-order valence-corrected chi connectivity index (χ4v) is 5.16. The van der Waals surface area contributed by atoms with E-state index in [-0.39, 0.29) is 34.5 Å². The fourth-order valence-electron chi connectivity index (χ4n) is 2.74. The molecule has 1 fully saturated rings. The molecule has 138 valence electrons. The van der Waals surface area contributed by atoms with E-state index in [0.717, 1.165) is 6.26 Å². The summed E-state index contributed by atoms with van der Waals surface area (Å²) in [4.78, 5) is 0.182. The van der Waals surface area contributed by atoms with Crippen molar-refractivity contribution in [2.45, 2.75) is 37.0 Å². The normalized spacial score (nSPS) is 21.9. The number of hydrogen-bond acceptors (Lipinski definition) is 5. The highest BCUT2D eigenvalue weighted by Crippen LogP contribution is 2.31. The number of sulfone groups is 1. The minimum atomic E-state index is -3.59. The van der Waals surface area contributed by atoms with Gasteiger partial charge in [0.1, 0.15) is 0 Å². The van der Waals surface area contributed by atoms with Crippen LogP contribution in [-0.4, -0.2) is 46.5 Å². The molecule has 1 unspecified atom stereocenters. The summed E-state index contributed by atoms with van der Waals surface area (Å²) in [7, 11) is -6.73. The van der Waals surface area contributed by atoms with Crippen molar-refractivity contribution < 1.29 is 16.8 Å². The summed E-state index contributed by atoms with van der Waals surface area (Å²) in [5.74, 6) is -0.0983. The van der Waals surface area contributed by atoms with Gasteiger partial charge in [-0.3, -0.25) is 0 Å². The van der Waals surface area contributed by atoms with Gasteiger partial charge < -0.3 is 5.73 Å². The lowest BCUT2D eigenvalue weighted by Crippen LogP contribution is -2.53. The number of nitrogens with two attached hydrogens (primary N) is 1. The van der Waals surface area contributed by atoms with Crippen molar-refractivity contribution in [2.24, 2.45) is 11.1 Å². The fraction of sp³-hybridized carbons (Fsp3) is 0.600. The van der Waals surface area contributed by atoms with Gasteiger partial charge in [0.25, 0.3) is 0 Å². The molecule has 1 heterocycles. The number of rotatable bonds is 4. The molecule has 0 aliphatic carbocycles. The Hall–Kier alpha value is -0.670. The molecule has 9 heteroatoms. The molecule has 0 radical (unpaired) electrons. The molecule has 2 N–H and O–H groups in total. The van der Waals surface area contributed by atoms with Crippen LogP contribution in [-0.2, 0) is 25.6 Å². The van der Waals surface area contributed by atoms with Crippen LogP contribution in [0.4, 0.5) is 0 Å². The molecule has 1 aromatic carbocycles. The number of nitrogens with zero attached hydrogens (tertiary/aromatic N) is 1. The lowest BCUT2D eigenvalue weighted by molar-refractivity contribution is 0.155. The highest BCUT2D eigenvalue weighted by atomic mass is 35.5. The molecule has 1 atom stereocenters. The highest BCUT2D eigenvalue weighted by Gasteiger charge is 2.38. The summed E-state index contributed by atoms with van der Waals surface area (Å²) in [5.41, 5.74) is 6.36. The van der Waals surface area contributed by atoms with Crippen molar-refractivity contribution in [3.05, 3.63) is 29.8 Å². The Morgan fingerprint density at radius 3 is 2.17 bits per heavy atom. The van der Waals surface area contributed by atoms with Crippen molar-refractivity contribution >= 4 is 32.3 Å². The van der Waals surface area contributed by atoms with E-state index >= 15 is 0 Å². The van der Waals surface area contributed by atoms with Crippen LogP contribution >= 0.6 is 12.4 Å². The number of piperidine rings is 1. The smallest absolute Gasteiger partial charge is 0.243 e. The Morgan fingerprint density at radius 1 is 1.17 bits per heavy atom. The van der Waals surface area contributed by atoms with Crippen LogP contribution < -0.4 is 5.73 Å². The molecular weight excluding hydrogens is 372 g/mol. The maximum Gasteiger partial charge on any atom is 0.243 e. The van der Waals surface area contributed by atoms with Gasteiger partial charge in [-0.1, -0.05) is 26.0 Å². The number of halogens is 1. The van der Waals surface area contributed by atoms with Crippen LogP contribution in [0.2, 0.25) is 0 Å². The van der Waals surface area contributed by atoms with E-state index in [4.69, 9.17) is 5.73 Å². The summed E-state index contributed by atoms with van der Waals surface area (Å²) in [5, 5.41) is 0. The van der Waals surface area contributed by atoms with Gasteiger partial charge in [-0.25, -0.2) is 16.8 Å². The van der Waals surface area contributed by atoms with E-state index in [1.165, 1.54) is 16.4 Å². The van der Waals surface area contributed by atoms with Gasteiger partial charge in [-0.15, -0.1) is 12.4 Å². The quantitative estimate of drug-likeness (QED) is 0.829. The van der Waals surface area contributed by atoms with Crippen LogP contribution in [0.5, 0.6) is 0 Å². The molecular formula is C15H25ClN2O4S2. The van der Waals surface area contributed by atoms with Crippen LogP contribution in [0.1, 0.15) is 25.8 Å². The van der Waals surface area contributed by atoms with Gasteiger partial charge in [-0.2, -0.15) is 4.31 Å². The third kappa shape index (κ3) is 4.92. The summed E-state index contributed by atoms with van der Waals surface area (Å²) in [6.45, 7) is 4.71. The van der Waals surface area contributed by atoms with E-state index < -0.39 is 19.9 Å². The van der Waals surface area contributed by atoms with Crippen LogP contribution in [0.3, 0.4) is 0 Å². The summed E-state index contributed by atoms with van der Waals surface area (Å²) in [6.07, 6.45) is 1.77. The maximum absolute atomic E-state index is 12.7. The van der Waals surface area contributed by atoms with E-state index in [1.54, 1.807) is 12.1 Å². The molecule has 1 aliphatic heterocycles. The Labute approximate surface area is 150 Å². The molecule has 0 amide bonds. The van der Waals surface area contributed by atoms with Gasteiger partial charge in [0.05, 0.1) is 10.6 Å². The van der Waals surface area contributed by atoms with E-state index in [2.05, 4.69) is 0 Å². The second-order valence-corrected chi connectivity index (χ2v) is 11.0. The molecule has 0 spiro atoms. The lowest BCUT2D eigenvalue weighted by atomic mass is 9.81. The third-order valence-electron chi connectivity index (χ3n) is 4.27. The Balaban J connectivity index is 0.00000288. The Bertz CT molecular complexity index is 774. The average molecular weight is 397 g/mol. The molecule has 24 heavy (non-hydrogen) atoms. The first-order valence-corrected chi connectivity index (χ1v) is 10.9. The van der Waals surface area contributed by atoms with Crippen LogP contribution in [0.15, 0.2) is 29.2 Å². The largest absolute Gasteiger partial charge is 0.327 e. The second-order valence-electron chi connectivity index (χ2n) is 6.94. The molecule has 1 saturated heterocycles. The SMILES string of the molecule is CC1(C)CN(S(=O)(=O)c2ccc(CS(C)(=O)=O)cc2)CCC1N.Cl. The minimum Gasteiger partial charge on any atom is -0.327 e. The topological polar surface area (TPSA) is 97.5 Å². The predicted octanol–water partition coefficient (Wildman–Crippen LogP) is 1.40. The van der Waals surface area contributed by atoms with E-state index in [9.17, 15) is 16.8 Å². The van der Waals surface area contributed by atoms with E-state index in [1.807, 2.05) is 13.8 Å². The molecule has 2 rings (SSSR count). The van der Waals surface area contributed by atoms with Gasteiger partial charge in [-0.05, 0) is 29.5 Å². The highest BCUT2D eigenvalue weighted by molar-refractivity contribution is 7.90. The molecule has 0 saturated carbocycles. The first kappa shape index (κ1) is 21.4. The Morgan fingerprint density at radius 2 is 1.71 bits per heavy atom. The zero-order valence-corrected chi connectivity index (χ0v) is 16.5. The zero-order chi connectivity index (χ0) is 17.5. The molecule has 0 aromatic heterocycles. The van der Waals surface area contributed by atoms with Crippen molar-refractivity contribution in [3.8, 4) is 0 Å². The average Bonchev–Trinajstić information content (AvgIpc) is 2.40. The number of benzene rings is 1. The molecule has 1 aromatic rings. The van der Waals surface area contributed by atoms with Gasteiger partial charge in [0, 0.05) is 25.4 Å². The maximum atomic E-state index is 12.7. The van der Waals surface area contributed by atoms with E-state index in [0.29, 0.717) is 25.1 Å². The van der Waals surface area contributed by atoms with Crippen molar-refractivity contribution in [1.82, 2.24) is 4.31 Å². The molecule has 6 nitrogen and oxygen atoms in total. The second kappa shape index (κ2) is 7.29. The monoisotopic (exact) mass is 396 g/mol. The summed E-state index contributed by atoms with van der Waals surface area (Å²) in [6, 6.07) is 6.02. The molecule has 0 bridgehead atoms. The standard InChI is InChI=1S/C15H24N2O4S2.ClH/c1-15(2)11-17(9-8-14(15)16)23(20,21)13-6-4-12(5-7-13)10-22(3,18)19;/h4-7,14H,8-11,16H2,1-3H3;1H.